The minimum absolute atomic E-state index is 0.0305. The van der Waals surface area contributed by atoms with Crippen molar-refractivity contribution in [3.63, 3.8) is 0 Å². The Kier molecular flexibility index (Phi) is 7.72. The number of hydrogen-bond acceptors (Lipinski definition) is 4. The smallest absolute Gasteiger partial charge is 0.275 e. The Bertz CT molecular complexity index is 633. The first-order valence-corrected chi connectivity index (χ1v) is 9.35. The van der Waals surface area contributed by atoms with Crippen LogP contribution in [0.15, 0.2) is 12.1 Å². The van der Waals surface area contributed by atoms with Gasteiger partial charge in [0.25, 0.3) is 5.91 Å². The second-order valence-corrected chi connectivity index (χ2v) is 6.27. The third-order valence-electron chi connectivity index (χ3n) is 4.28. The van der Waals surface area contributed by atoms with Gasteiger partial charge in [-0.1, -0.05) is 0 Å². The number of quaternary nitrogens is 1. The molecule has 0 fully saturated rings. The van der Waals surface area contributed by atoms with Crippen LogP contribution in [0, 0.1) is 0 Å². The molecule has 2 amide bonds. The SMILES string of the molecule is CCNC(=O)CNC(=O)C[NH+]1CCc2cc(OCC)c(OCC)cc2C1. The van der Waals surface area contributed by atoms with Crippen molar-refractivity contribution in [1.29, 1.82) is 0 Å². The van der Waals surface area contributed by atoms with Crippen molar-refractivity contribution in [2.45, 2.75) is 33.7 Å². The highest BCUT2D eigenvalue weighted by Crippen LogP contribution is 2.32. The predicted octanol–water partition coefficient (Wildman–Crippen LogP) is -0.323. The lowest BCUT2D eigenvalue weighted by Crippen LogP contribution is -3.12. The van der Waals surface area contributed by atoms with E-state index >= 15 is 0 Å². The molecule has 7 nitrogen and oxygen atoms in total. The van der Waals surface area contributed by atoms with Gasteiger partial charge in [0.2, 0.25) is 5.91 Å². The first-order valence-electron chi connectivity index (χ1n) is 9.35. The molecule has 1 aromatic rings. The van der Waals surface area contributed by atoms with Crippen molar-refractivity contribution in [3.05, 3.63) is 23.3 Å². The second kappa shape index (κ2) is 10.0. The number of carbonyl (C=O) groups is 2. The molecule has 0 spiro atoms. The molecule has 1 aliphatic rings. The molecular formula is C19H30N3O4+. The maximum absolute atomic E-state index is 12.1. The Morgan fingerprint density at radius 2 is 1.65 bits per heavy atom. The summed E-state index contributed by atoms with van der Waals surface area (Å²) in [5, 5.41) is 5.34. The molecule has 0 aliphatic carbocycles. The lowest BCUT2D eigenvalue weighted by atomic mass is 9.99. The molecule has 1 unspecified atom stereocenters. The Hall–Kier alpha value is -2.28. The van der Waals surface area contributed by atoms with Crippen molar-refractivity contribution in [2.75, 3.05) is 39.4 Å². The molecule has 26 heavy (non-hydrogen) atoms. The fraction of sp³-hybridized carbons (Fsp3) is 0.579. The van der Waals surface area contributed by atoms with Crippen LogP contribution in [0.3, 0.4) is 0 Å². The largest absolute Gasteiger partial charge is 0.490 e. The van der Waals surface area contributed by atoms with Crippen LogP contribution >= 0.6 is 0 Å². The highest BCUT2D eigenvalue weighted by Gasteiger charge is 2.24. The van der Waals surface area contributed by atoms with Crippen LogP contribution in [0.5, 0.6) is 11.5 Å². The average molecular weight is 364 g/mol. The molecule has 1 heterocycles. The molecule has 1 atom stereocenters. The number of benzene rings is 1. The van der Waals surface area contributed by atoms with Gasteiger partial charge in [-0.05, 0) is 38.5 Å². The van der Waals surface area contributed by atoms with Crippen LogP contribution < -0.4 is 25.0 Å². The molecule has 0 radical (unpaired) electrons. The summed E-state index contributed by atoms with van der Waals surface area (Å²) in [7, 11) is 0. The zero-order valence-corrected chi connectivity index (χ0v) is 15.9. The summed E-state index contributed by atoms with van der Waals surface area (Å²) in [6.45, 7) is 9.53. The van der Waals surface area contributed by atoms with Gasteiger partial charge < -0.3 is 25.0 Å². The van der Waals surface area contributed by atoms with Gasteiger partial charge in [0.05, 0.1) is 26.3 Å². The molecule has 1 aliphatic heterocycles. The van der Waals surface area contributed by atoms with Gasteiger partial charge in [-0.2, -0.15) is 0 Å². The molecule has 0 bridgehead atoms. The van der Waals surface area contributed by atoms with Crippen LogP contribution in [0.25, 0.3) is 0 Å². The van der Waals surface area contributed by atoms with Gasteiger partial charge >= 0.3 is 0 Å². The van der Waals surface area contributed by atoms with Crippen LogP contribution in [-0.4, -0.2) is 51.2 Å². The van der Waals surface area contributed by atoms with E-state index in [1.165, 1.54) is 16.0 Å². The third kappa shape index (κ3) is 5.62. The monoisotopic (exact) mass is 364 g/mol. The van der Waals surface area contributed by atoms with Gasteiger partial charge in [-0.3, -0.25) is 9.59 Å². The van der Waals surface area contributed by atoms with Crippen molar-refractivity contribution in [1.82, 2.24) is 10.6 Å². The average Bonchev–Trinajstić information content (AvgIpc) is 2.61. The normalized spacial score (nSPS) is 15.7. The van der Waals surface area contributed by atoms with E-state index in [1.807, 2.05) is 26.8 Å². The summed E-state index contributed by atoms with van der Waals surface area (Å²) in [5.74, 6) is 1.28. The first-order chi connectivity index (χ1) is 12.6. The number of hydrogen-bond donors (Lipinski definition) is 3. The number of carbonyl (C=O) groups excluding carboxylic acids is 2. The van der Waals surface area contributed by atoms with Crippen molar-refractivity contribution < 1.29 is 24.0 Å². The number of rotatable bonds is 9. The molecule has 2 rings (SSSR count). The maximum atomic E-state index is 12.1. The van der Waals surface area contributed by atoms with E-state index in [9.17, 15) is 9.59 Å². The summed E-state index contributed by atoms with van der Waals surface area (Å²) >= 11 is 0. The number of fused-ring (bicyclic) bond motifs is 1. The maximum Gasteiger partial charge on any atom is 0.275 e. The van der Waals surface area contributed by atoms with Crippen LogP contribution in [0.1, 0.15) is 31.9 Å². The summed E-state index contributed by atoms with van der Waals surface area (Å²) in [6.07, 6.45) is 0.890. The van der Waals surface area contributed by atoms with Crippen molar-refractivity contribution >= 4 is 11.8 Å². The van der Waals surface area contributed by atoms with Crippen molar-refractivity contribution in [2.24, 2.45) is 0 Å². The second-order valence-electron chi connectivity index (χ2n) is 6.27. The highest BCUT2D eigenvalue weighted by molar-refractivity contribution is 5.84. The quantitative estimate of drug-likeness (QED) is 0.561. The zero-order chi connectivity index (χ0) is 18.9. The summed E-state index contributed by atoms with van der Waals surface area (Å²) in [6, 6.07) is 4.10. The number of amides is 2. The van der Waals surface area contributed by atoms with E-state index in [4.69, 9.17) is 9.47 Å². The van der Waals surface area contributed by atoms with E-state index in [0.29, 0.717) is 26.3 Å². The van der Waals surface area contributed by atoms with Crippen LogP contribution in [0.2, 0.25) is 0 Å². The highest BCUT2D eigenvalue weighted by atomic mass is 16.5. The van der Waals surface area contributed by atoms with Gasteiger partial charge in [-0.15, -0.1) is 0 Å². The van der Waals surface area contributed by atoms with E-state index in [0.717, 1.165) is 31.0 Å². The van der Waals surface area contributed by atoms with E-state index < -0.39 is 0 Å². The summed E-state index contributed by atoms with van der Waals surface area (Å²) in [5.41, 5.74) is 2.44. The zero-order valence-electron chi connectivity index (χ0n) is 15.9. The van der Waals surface area contributed by atoms with Gasteiger partial charge in [0.1, 0.15) is 6.54 Å². The number of ether oxygens (including phenoxy) is 2. The fourth-order valence-electron chi connectivity index (χ4n) is 3.13. The minimum Gasteiger partial charge on any atom is -0.490 e. The molecular weight excluding hydrogens is 334 g/mol. The predicted molar refractivity (Wildman–Crippen MR) is 98.6 cm³/mol. The van der Waals surface area contributed by atoms with Gasteiger partial charge in [0.15, 0.2) is 18.0 Å². The Labute approximate surface area is 155 Å². The van der Waals surface area contributed by atoms with Gasteiger partial charge in [0, 0.05) is 18.5 Å². The fourth-order valence-corrected chi connectivity index (χ4v) is 3.13. The summed E-state index contributed by atoms with van der Waals surface area (Å²) < 4.78 is 11.4. The van der Waals surface area contributed by atoms with Crippen LogP contribution in [0.4, 0.5) is 0 Å². The molecule has 144 valence electrons. The third-order valence-corrected chi connectivity index (χ3v) is 4.28. The van der Waals surface area contributed by atoms with Crippen LogP contribution in [-0.2, 0) is 22.6 Å². The Morgan fingerprint density at radius 3 is 2.27 bits per heavy atom. The lowest BCUT2D eigenvalue weighted by molar-refractivity contribution is -0.908. The van der Waals surface area contributed by atoms with E-state index in [1.54, 1.807) is 0 Å². The van der Waals surface area contributed by atoms with Crippen molar-refractivity contribution in [3.8, 4) is 11.5 Å². The van der Waals surface area contributed by atoms with E-state index in [-0.39, 0.29) is 18.4 Å². The lowest BCUT2D eigenvalue weighted by Gasteiger charge is -2.26. The molecule has 0 saturated carbocycles. The minimum atomic E-state index is -0.162. The Balaban J connectivity index is 1.96. The molecule has 0 aromatic heterocycles. The number of nitrogens with one attached hydrogen (secondary N) is 3. The topological polar surface area (TPSA) is 81.1 Å². The summed E-state index contributed by atoms with van der Waals surface area (Å²) in [4.78, 5) is 24.7. The first kappa shape index (κ1) is 20.0. The molecule has 3 N–H and O–H groups in total. The molecule has 0 saturated heterocycles. The Morgan fingerprint density at radius 1 is 1.00 bits per heavy atom. The molecule has 1 aromatic carbocycles. The standard InChI is InChI=1S/C19H29N3O4/c1-4-20-18(23)11-21-19(24)13-22-8-7-14-9-16(25-5-2)17(26-6-3)10-15(14)12-22/h9-10H,4-8,11-13H2,1-3H3,(H,20,23)(H,21,24)/p+1. The number of likely N-dealkylation sites (N-methyl/N-ethyl adjacent to an activating group) is 1. The van der Waals surface area contributed by atoms with E-state index in [2.05, 4.69) is 16.7 Å². The molecule has 7 heteroatoms. The van der Waals surface area contributed by atoms with Gasteiger partial charge in [-0.25, -0.2) is 0 Å².